The standard InChI is InChI=1S/C12H15N3O3/c1-18-7-3-2-6-15-11-8-9(12(16)17)4-5-10(11)13-14-15/h4-5,8H,2-3,6-7H2,1H3,(H,16,17). The predicted octanol–water partition coefficient (Wildman–Crippen LogP) is 1.56. The number of methoxy groups -OCH3 is 1. The van der Waals surface area contributed by atoms with Crippen molar-refractivity contribution in [2.45, 2.75) is 19.4 Å². The van der Waals surface area contributed by atoms with Crippen LogP contribution in [0.5, 0.6) is 0 Å². The molecule has 0 bridgehead atoms. The summed E-state index contributed by atoms with van der Waals surface area (Å²) >= 11 is 0. The van der Waals surface area contributed by atoms with E-state index in [0.717, 1.165) is 18.4 Å². The van der Waals surface area contributed by atoms with Gasteiger partial charge in [0.2, 0.25) is 0 Å². The number of aromatic nitrogens is 3. The molecule has 0 amide bonds. The molecule has 0 aliphatic heterocycles. The van der Waals surface area contributed by atoms with Crippen LogP contribution >= 0.6 is 0 Å². The summed E-state index contributed by atoms with van der Waals surface area (Å²) in [5.41, 5.74) is 1.72. The molecule has 18 heavy (non-hydrogen) atoms. The average Bonchev–Trinajstić information content (AvgIpc) is 2.77. The van der Waals surface area contributed by atoms with Gasteiger partial charge >= 0.3 is 5.97 Å². The minimum absolute atomic E-state index is 0.253. The highest BCUT2D eigenvalue weighted by Gasteiger charge is 2.08. The number of carbonyl (C=O) groups is 1. The van der Waals surface area contributed by atoms with Gasteiger partial charge in [-0.3, -0.25) is 0 Å². The van der Waals surface area contributed by atoms with E-state index in [0.29, 0.717) is 18.7 Å². The van der Waals surface area contributed by atoms with Crippen LogP contribution in [0.3, 0.4) is 0 Å². The summed E-state index contributed by atoms with van der Waals surface area (Å²) in [6.45, 7) is 1.43. The summed E-state index contributed by atoms with van der Waals surface area (Å²) in [5.74, 6) is -0.941. The number of unbranched alkanes of at least 4 members (excludes halogenated alkanes) is 1. The van der Waals surface area contributed by atoms with Crippen LogP contribution in [0.4, 0.5) is 0 Å². The van der Waals surface area contributed by atoms with E-state index in [2.05, 4.69) is 10.3 Å². The molecule has 6 heteroatoms. The molecule has 1 N–H and O–H groups in total. The van der Waals surface area contributed by atoms with Crippen molar-refractivity contribution < 1.29 is 14.6 Å². The number of fused-ring (bicyclic) bond motifs is 1. The van der Waals surface area contributed by atoms with Gasteiger partial charge in [0, 0.05) is 20.3 Å². The highest BCUT2D eigenvalue weighted by molar-refractivity contribution is 5.92. The number of aromatic carboxylic acids is 1. The zero-order valence-corrected chi connectivity index (χ0v) is 10.2. The van der Waals surface area contributed by atoms with E-state index in [4.69, 9.17) is 9.84 Å². The maximum Gasteiger partial charge on any atom is 0.335 e. The second-order valence-corrected chi connectivity index (χ2v) is 4.02. The number of nitrogens with zero attached hydrogens (tertiary/aromatic N) is 3. The summed E-state index contributed by atoms with van der Waals surface area (Å²) in [6, 6.07) is 4.82. The van der Waals surface area contributed by atoms with Crippen molar-refractivity contribution in [1.29, 1.82) is 0 Å². The molecule has 0 saturated heterocycles. The van der Waals surface area contributed by atoms with Crippen LogP contribution in [0.1, 0.15) is 23.2 Å². The van der Waals surface area contributed by atoms with Crippen LogP contribution in [-0.2, 0) is 11.3 Å². The van der Waals surface area contributed by atoms with Gasteiger partial charge in [-0.05, 0) is 31.0 Å². The molecule has 2 rings (SSSR count). The van der Waals surface area contributed by atoms with E-state index < -0.39 is 5.97 Å². The quantitative estimate of drug-likeness (QED) is 0.786. The third kappa shape index (κ3) is 2.65. The molecule has 0 radical (unpaired) electrons. The monoisotopic (exact) mass is 249 g/mol. The van der Waals surface area contributed by atoms with Gasteiger partial charge in [-0.15, -0.1) is 5.10 Å². The predicted molar refractivity (Wildman–Crippen MR) is 65.6 cm³/mol. The number of ether oxygens (including phenoxy) is 1. The highest BCUT2D eigenvalue weighted by Crippen LogP contribution is 2.14. The van der Waals surface area contributed by atoms with Gasteiger partial charge < -0.3 is 9.84 Å². The summed E-state index contributed by atoms with van der Waals surface area (Å²) in [5, 5.41) is 17.0. The Morgan fingerprint density at radius 1 is 1.44 bits per heavy atom. The van der Waals surface area contributed by atoms with Gasteiger partial charge in [0.15, 0.2) is 0 Å². The van der Waals surface area contributed by atoms with Crippen LogP contribution in [-0.4, -0.2) is 39.8 Å². The molecular weight excluding hydrogens is 234 g/mol. The maximum absolute atomic E-state index is 10.9. The fraction of sp³-hybridized carbons (Fsp3) is 0.417. The molecule has 0 fully saturated rings. The number of benzene rings is 1. The number of carboxylic acids is 1. The molecule has 0 aliphatic carbocycles. The van der Waals surface area contributed by atoms with Gasteiger partial charge in [-0.25, -0.2) is 9.48 Å². The minimum Gasteiger partial charge on any atom is -0.478 e. The second-order valence-electron chi connectivity index (χ2n) is 4.02. The molecule has 0 unspecified atom stereocenters. The molecule has 0 saturated carbocycles. The van der Waals surface area contributed by atoms with Crippen molar-refractivity contribution >= 4 is 17.0 Å². The summed E-state index contributed by atoms with van der Waals surface area (Å²) in [7, 11) is 1.67. The van der Waals surface area contributed by atoms with Crippen molar-refractivity contribution in [3.05, 3.63) is 23.8 Å². The van der Waals surface area contributed by atoms with Crippen LogP contribution in [0.25, 0.3) is 11.0 Å². The Kier molecular flexibility index (Phi) is 3.88. The number of aryl methyl sites for hydroxylation is 1. The highest BCUT2D eigenvalue weighted by atomic mass is 16.5. The number of rotatable bonds is 6. The van der Waals surface area contributed by atoms with Crippen molar-refractivity contribution in [3.63, 3.8) is 0 Å². The Bertz CT molecular complexity index is 550. The second kappa shape index (κ2) is 5.59. The van der Waals surface area contributed by atoms with E-state index in [-0.39, 0.29) is 5.56 Å². The summed E-state index contributed by atoms with van der Waals surface area (Å²) < 4.78 is 6.71. The summed E-state index contributed by atoms with van der Waals surface area (Å²) in [4.78, 5) is 10.9. The van der Waals surface area contributed by atoms with E-state index in [1.165, 1.54) is 6.07 Å². The number of hydrogen-bond donors (Lipinski definition) is 1. The lowest BCUT2D eigenvalue weighted by atomic mass is 10.2. The zero-order chi connectivity index (χ0) is 13.0. The third-order valence-electron chi connectivity index (χ3n) is 2.73. The fourth-order valence-electron chi connectivity index (χ4n) is 1.77. The smallest absolute Gasteiger partial charge is 0.335 e. The molecule has 6 nitrogen and oxygen atoms in total. The Morgan fingerprint density at radius 2 is 2.28 bits per heavy atom. The Morgan fingerprint density at radius 3 is 3.00 bits per heavy atom. The largest absolute Gasteiger partial charge is 0.478 e. The SMILES string of the molecule is COCCCCn1nnc2ccc(C(=O)O)cc21. The van der Waals surface area contributed by atoms with Crippen molar-refractivity contribution in [1.82, 2.24) is 15.0 Å². The molecule has 96 valence electrons. The fourth-order valence-corrected chi connectivity index (χ4v) is 1.77. The van der Waals surface area contributed by atoms with E-state index in [9.17, 15) is 4.79 Å². The van der Waals surface area contributed by atoms with Crippen LogP contribution in [0, 0.1) is 0 Å². The Labute approximate surface area is 104 Å². The van der Waals surface area contributed by atoms with Crippen LogP contribution < -0.4 is 0 Å². The first-order valence-corrected chi connectivity index (χ1v) is 5.78. The first kappa shape index (κ1) is 12.5. The molecular formula is C12H15N3O3. The van der Waals surface area contributed by atoms with Gasteiger partial charge in [-0.1, -0.05) is 5.21 Å². The number of hydrogen-bond acceptors (Lipinski definition) is 4. The van der Waals surface area contributed by atoms with Gasteiger partial charge in [0.1, 0.15) is 5.52 Å². The zero-order valence-electron chi connectivity index (χ0n) is 10.2. The molecule has 0 spiro atoms. The first-order valence-electron chi connectivity index (χ1n) is 5.78. The van der Waals surface area contributed by atoms with Crippen LogP contribution in [0.15, 0.2) is 18.2 Å². The normalized spacial score (nSPS) is 10.9. The van der Waals surface area contributed by atoms with Gasteiger partial charge in [0.25, 0.3) is 0 Å². The lowest BCUT2D eigenvalue weighted by Gasteiger charge is -2.02. The van der Waals surface area contributed by atoms with E-state index in [1.807, 2.05) is 0 Å². The van der Waals surface area contributed by atoms with Crippen molar-refractivity contribution in [2.24, 2.45) is 0 Å². The van der Waals surface area contributed by atoms with Crippen molar-refractivity contribution in [3.8, 4) is 0 Å². The maximum atomic E-state index is 10.9. The van der Waals surface area contributed by atoms with Gasteiger partial charge in [0.05, 0.1) is 11.1 Å². The topological polar surface area (TPSA) is 77.2 Å². The molecule has 0 aliphatic rings. The van der Waals surface area contributed by atoms with Crippen LogP contribution in [0.2, 0.25) is 0 Å². The third-order valence-corrected chi connectivity index (χ3v) is 2.73. The lowest BCUT2D eigenvalue weighted by molar-refractivity contribution is 0.0697. The molecule has 1 aromatic heterocycles. The molecule has 0 atom stereocenters. The molecule has 1 aromatic carbocycles. The first-order chi connectivity index (χ1) is 8.72. The average molecular weight is 249 g/mol. The lowest BCUT2D eigenvalue weighted by Crippen LogP contribution is -2.03. The van der Waals surface area contributed by atoms with E-state index in [1.54, 1.807) is 23.9 Å². The van der Waals surface area contributed by atoms with Crippen molar-refractivity contribution in [2.75, 3.05) is 13.7 Å². The molecule has 2 aromatic rings. The minimum atomic E-state index is -0.941. The summed E-state index contributed by atoms with van der Waals surface area (Å²) in [6.07, 6.45) is 1.86. The Hall–Kier alpha value is -1.95. The van der Waals surface area contributed by atoms with E-state index >= 15 is 0 Å². The molecule has 1 heterocycles. The van der Waals surface area contributed by atoms with Gasteiger partial charge in [-0.2, -0.15) is 0 Å². The number of carboxylic acid groups (broad SMARTS) is 1. The Balaban J connectivity index is 2.17.